The molecule has 2 heterocycles. The van der Waals surface area contributed by atoms with E-state index in [0.717, 1.165) is 38.9 Å². The van der Waals surface area contributed by atoms with E-state index in [4.69, 9.17) is 5.73 Å². The Morgan fingerprint density at radius 1 is 0.955 bits per heavy atom. The fourth-order valence-corrected chi connectivity index (χ4v) is 2.70. The van der Waals surface area contributed by atoms with Crippen molar-refractivity contribution < 1.29 is 0 Å². The standard InChI is InChI=1S/C17H15N5/c1-10-7-8-12(9-15(10)18)16-19-20-17-14-6-4-3-5-13(14)11(2)21-22(16)17/h3-9H,18H2,1-2H3. The van der Waals surface area contributed by atoms with E-state index in [0.29, 0.717) is 5.82 Å². The van der Waals surface area contributed by atoms with Crippen molar-refractivity contribution in [3.63, 3.8) is 0 Å². The van der Waals surface area contributed by atoms with Crippen molar-refractivity contribution in [1.29, 1.82) is 0 Å². The molecule has 0 radical (unpaired) electrons. The summed E-state index contributed by atoms with van der Waals surface area (Å²) < 4.78 is 1.79. The molecule has 5 heteroatoms. The maximum absolute atomic E-state index is 6.01. The van der Waals surface area contributed by atoms with Crippen LogP contribution in [0.4, 0.5) is 5.69 Å². The van der Waals surface area contributed by atoms with Crippen LogP contribution in [0.25, 0.3) is 27.8 Å². The Balaban J connectivity index is 2.06. The van der Waals surface area contributed by atoms with E-state index in [1.807, 2.05) is 50.2 Å². The van der Waals surface area contributed by atoms with E-state index in [-0.39, 0.29) is 0 Å². The molecule has 0 spiro atoms. The lowest BCUT2D eigenvalue weighted by Gasteiger charge is -2.06. The lowest BCUT2D eigenvalue weighted by atomic mass is 10.1. The number of nitrogen functional groups attached to an aromatic ring is 1. The van der Waals surface area contributed by atoms with E-state index in [1.165, 1.54) is 0 Å². The second kappa shape index (κ2) is 4.53. The van der Waals surface area contributed by atoms with E-state index in [9.17, 15) is 0 Å². The fourth-order valence-electron chi connectivity index (χ4n) is 2.70. The van der Waals surface area contributed by atoms with Gasteiger partial charge in [0.2, 0.25) is 0 Å². The number of nitrogens with two attached hydrogens (primary N) is 1. The number of hydrogen-bond donors (Lipinski definition) is 1. The maximum Gasteiger partial charge on any atom is 0.186 e. The van der Waals surface area contributed by atoms with Gasteiger partial charge in [0.1, 0.15) is 0 Å². The van der Waals surface area contributed by atoms with Crippen molar-refractivity contribution in [2.24, 2.45) is 0 Å². The number of benzene rings is 2. The minimum atomic E-state index is 0.704. The first kappa shape index (κ1) is 12.8. The maximum atomic E-state index is 6.01. The molecular weight excluding hydrogens is 274 g/mol. The topological polar surface area (TPSA) is 69.1 Å². The van der Waals surface area contributed by atoms with Crippen LogP contribution < -0.4 is 5.73 Å². The highest BCUT2D eigenvalue weighted by Crippen LogP contribution is 2.26. The first-order valence-corrected chi connectivity index (χ1v) is 7.12. The van der Waals surface area contributed by atoms with Gasteiger partial charge in [0, 0.05) is 22.0 Å². The van der Waals surface area contributed by atoms with Gasteiger partial charge in [0.15, 0.2) is 11.5 Å². The van der Waals surface area contributed by atoms with Gasteiger partial charge in [0.05, 0.1) is 5.69 Å². The SMILES string of the molecule is Cc1ccc(-c2nnc3c4ccccc4c(C)nn23)cc1N. The second-order valence-electron chi connectivity index (χ2n) is 5.46. The molecule has 108 valence electrons. The third-order valence-corrected chi connectivity index (χ3v) is 3.99. The van der Waals surface area contributed by atoms with E-state index < -0.39 is 0 Å². The Kier molecular flexibility index (Phi) is 2.63. The van der Waals surface area contributed by atoms with Crippen LogP contribution >= 0.6 is 0 Å². The van der Waals surface area contributed by atoms with Gasteiger partial charge in [-0.15, -0.1) is 10.2 Å². The lowest BCUT2D eigenvalue weighted by Crippen LogP contribution is -1.99. The van der Waals surface area contributed by atoms with E-state index in [1.54, 1.807) is 4.52 Å². The van der Waals surface area contributed by atoms with Gasteiger partial charge in [-0.2, -0.15) is 9.61 Å². The molecule has 0 aliphatic rings. The van der Waals surface area contributed by atoms with E-state index >= 15 is 0 Å². The molecule has 0 bridgehead atoms. The van der Waals surface area contributed by atoms with Crippen LogP contribution in [0.15, 0.2) is 42.5 Å². The largest absolute Gasteiger partial charge is 0.398 e. The van der Waals surface area contributed by atoms with Crippen LogP contribution in [0.3, 0.4) is 0 Å². The summed E-state index contributed by atoms with van der Waals surface area (Å²) in [6.45, 7) is 3.98. The predicted octanol–water partition coefficient (Wildman–Crippen LogP) is 3.14. The van der Waals surface area contributed by atoms with Crippen molar-refractivity contribution in [2.75, 3.05) is 5.73 Å². The average molecular weight is 289 g/mol. The Bertz CT molecular complexity index is 1020. The smallest absolute Gasteiger partial charge is 0.186 e. The van der Waals surface area contributed by atoms with Crippen LogP contribution in [-0.2, 0) is 0 Å². The average Bonchev–Trinajstić information content (AvgIpc) is 2.94. The summed E-state index contributed by atoms with van der Waals surface area (Å²) in [5.41, 5.74) is 10.4. The van der Waals surface area contributed by atoms with Gasteiger partial charge < -0.3 is 5.73 Å². The van der Waals surface area contributed by atoms with Crippen molar-refractivity contribution >= 4 is 22.1 Å². The first-order valence-electron chi connectivity index (χ1n) is 7.12. The monoisotopic (exact) mass is 289 g/mol. The molecule has 0 amide bonds. The number of hydrogen-bond acceptors (Lipinski definition) is 4. The van der Waals surface area contributed by atoms with Crippen molar-refractivity contribution in [3.05, 3.63) is 53.7 Å². The third kappa shape index (κ3) is 1.75. The quantitative estimate of drug-likeness (QED) is 0.546. The molecule has 0 aliphatic carbocycles. The molecule has 22 heavy (non-hydrogen) atoms. The Morgan fingerprint density at radius 2 is 1.73 bits per heavy atom. The van der Waals surface area contributed by atoms with Crippen LogP contribution in [-0.4, -0.2) is 19.8 Å². The molecule has 0 aliphatic heterocycles. The van der Waals surface area contributed by atoms with Crippen LogP contribution in [0.1, 0.15) is 11.3 Å². The zero-order chi connectivity index (χ0) is 15.3. The number of aryl methyl sites for hydroxylation is 2. The normalized spacial score (nSPS) is 11.4. The Labute approximate surface area is 127 Å². The zero-order valence-corrected chi connectivity index (χ0v) is 12.4. The van der Waals surface area contributed by atoms with Gasteiger partial charge in [0.25, 0.3) is 0 Å². The molecule has 0 saturated carbocycles. The molecule has 4 aromatic rings. The highest BCUT2D eigenvalue weighted by Gasteiger charge is 2.14. The van der Waals surface area contributed by atoms with E-state index in [2.05, 4.69) is 21.4 Å². The summed E-state index contributed by atoms with van der Waals surface area (Å²) in [7, 11) is 0. The zero-order valence-electron chi connectivity index (χ0n) is 12.4. The highest BCUT2D eigenvalue weighted by atomic mass is 15.4. The molecule has 2 N–H and O–H groups in total. The molecule has 2 aromatic carbocycles. The number of fused-ring (bicyclic) bond motifs is 3. The minimum Gasteiger partial charge on any atom is -0.398 e. The molecule has 0 atom stereocenters. The van der Waals surface area contributed by atoms with Gasteiger partial charge in [-0.1, -0.05) is 36.4 Å². The Morgan fingerprint density at radius 3 is 2.50 bits per heavy atom. The number of aromatic nitrogens is 4. The summed E-state index contributed by atoms with van der Waals surface area (Å²) in [5, 5.41) is 15.4. The van der Waals surface area contributed by atoms with Crippen molar-refractivity contribution in [3.8, 4) is 11.4 Å². The molecule has 0 fully saturated rings. The lowest BCUT2D eigenvalue weighted by molar-refractivity contribution is 0.915. The van der Waals surface area contributed by atoms with Crippen LogP contribution in [0.5, 0.6) is 0 Å². The number of anilines is 1. The van der Waals surface area contributed by atoms with Gasteiger partial charge >= 0.3 is 0 Å². The van der Waals surface area contributed by atoms with Crippen molar-refractivity contribution in [2.45, 2.75) is 13.8 Å². The second-order valence-corrected chi connectivity index (χ2v) is 5.46. The molecule has 0 saturated heterocycles. The molecule has 5 nitrogen and oxygen atoms in total. The van der Waals surface area contributed by atoms with Crippen LogP contribution in [0, 0.1) is 13.8 Å². The summed E-state index contributed by atoms with van der Waals surface area (Å²) in [4.78, 5) is 0. The number of nitrogens with zero attached hydrogens (tertiary/aromatic N) is 4. The highest BCUT2D eigenvalue weighted by molar-refractivity contribution is 5.95. The van der Waals surface area contributed by atoms with Gasteiger partial charge in [-0.05, 0) is 25.5 Å². The fraction of sp³-hybridized carbons (Fsp3) is 0.118. The number of rotatable bonds is 1. The minimum absolute atomic E-state index is 0.704. The first-order chi connectivity index (χ1) is 10.6. The summed E-state index contributed by atoms with van der Waals surface area (Å²) in [6.07, 6.45) is 0. The predicted molar refractivity (Wildman–Crippen MR) is 87.6 cm³/mol. The van der Waals surface area contributed by atoms with Gasteiger partial charge in [-0.3, -0.25) is 0 Å². The molecular formula is C17H15N5. The van der Waals surface area contributed by atoms with Crippen molar-refractivity contribution in [1.82, 2.24) is 19.8 Å². The summed E-state index contributed by atoms with van der Waals surface area (Å²) in [6, 6.07) is 14.0. The molecule has 0 unspecified atom stereocenters. The summed E-state index contributed by atoms with van der Waals surface area (Å²) >= 11 is 0. The Hall–Kier alpha value is -2.95. The molecule has 2 aromatic heterocycles. The summed E-state index contributed by atoms with van der Waals surface area (Å²) in [5.74, 6) is 0.704. The van der Waals surface area contributed by atoms with Crippen LogP contribution in [0.2, 0.25) is 0 Å². The van der Waals surface area contributed by atoms with Gasteiger partial charge in [-0.25, -0.2) is 0 Å². The third-order valence-electron chi connectivity index (χ3n) is 3.99. The molecule has 4 rings (SSSR count).